The monoisotopic (exact) mass is 117 g/mol. The first-order chi connectivity index (χ1) is 3.39. The summed E-state index contributed by atoms with van der Waals surface area (Å²) in [7, 11) is 0.310. The van der Waals surface area contributed by atoms with Crippen molar-refractivity contribution in [1.82, 2.24) is 4.72 Å². The van der Waals surface area contributed by atoms with Crippen molar-refractivity contribution in [2.45, 2.75) is 12.8 Å². The second-order valence-electron chi connectivity index (χ2n) is 1.80. The van der Waals surface area contributed by atoms with Crippen LogP contribution in [-0.4, -0.2) is 18.2 Å². The van der Waals surface area contributed by atoms with E-state index in [1.807, 2.05) is 0 Å². The Kier molecular flexibility index (Phi) is 1.88. The van der Waals surface area contributed by atoms with Crippen molar-refractivity contribution in [1.29, 1.82) is 0 Å². The zero-order valence-corrected chi connectivity index (χ0v) is 5.26. The maximum atomic E-state index is 3.91. The van der Waals surface area contributed by atoms with Crippen LogP contribution in [-0.2, 0) is 0 Å². The standard InChI is InChI=1S/C5H11NS/c1-7-5-3-2-4-6-7/h6H,1-5H2. The molecular formula is C5H11NS. The van der Waals surface area contributed by atoms with E-state index < -0.39 is 0 Å². The summed E-state index contributed by atoms with van der Waals surface area (Å²) < 4.78 is 3.30. The highest BCUT2D eigenvalue weighted by molar-refractivity contribution is 8.12. The summed E-state index contributed by atoms with van der Waals surface area (Å²) in [4.78, 5) is 0. The number of hydrogen-bond acceptors (Lipinski definition) is 1. The predicted octanol–water partition coefficient (Wildman–Crippen LogP) is 0.986. The highest BCUT2D eigenvalue weighted by Gasteiger charge is 1.97. The lowest BCUT2D eigenvalue weighted by Crippen LogP contribution is -2.15. The second-order valence-corrected chi connectivity index (χ2v) is 3.48. The van der Waals surface area contributed by atoms with Crippen LogP contribution in [0.15, 0.2) is 0 Å². The Hall–Kier alpha value is 0.180. The molecule has 7 heavy (non-hydrogen) atoms. The molecule has 1 heterocycles. The smallest absolute Gasteiger partial charge is 0.00539 e. The molecule has 42 valence electrons. The first-order valence-electron chi connectivity index (χ1n) is 2.64. The van der Waals surface area contributed by atoms with E-state index in [1.54, 1.807) is 0 Å². The molecule has 0 radical (unpaired) electrons. The van der Waals surface area contributed by atoms with Crippen LogP contribution in [0.25, 0.3) is 0 Å². The molecule has 1 aliphatic rings. The van der Waals surface area contributed by atoms with Crippen LogP contribution in [0.1, 0.15) is 12.8 Å². The van der Waals surface area contributed by atoms with E-state index in [1.165, 1.54) is 25.1 Å². The van der Waals surface area contributed by atoms with Crippen LogP contribution in [0.4, 0.5) is 0 Å². The molecule has 0 aromatic rings. The van der Waals surface area contributed by atoms with Gasteiger partial charge >= 0.3 is 0 Å². The van der Waals surface area contributed by atoms with Crippen molar-refractivity contribution in [3.8, 4) is 0 Å². The molecule has 1 atom stereocenters. The van der Waals surface area contributed by atoms with Gasteiger partial charge in [-0.1, -0.05) is 5.87 Å². The minimum absolute atomic E-state index is 0.310. The second kappa shape index (κ2) is 2.48. The first kappa shape index (κ1) is 5.32. The van der Waals surface area contributed by atoms with Crippen molar-refractivity contribution in [3.05, 3.63) is 0 Å². The molecule has 1 aliphatic heterocycles. The van der Waals surface area contributed by atoms with Crippen molar-refractivity contribution in [2.24, 2.45) is 0 Å². The van der Waals surface area contributed by atoms with E-state index >= 15 is 0 Å². The van der Waals surface area contributed by atoms with Gasteiger partial charge in [0.15, 0.2) is 0 Å². The van der Waals surface area contributed by atoms with E-state index in [-0.39, 0.29) is 0 Å². The molecule has 1 rings (SSSR count). The Morgan fingerprint density at radius 1 is 1.43 bits per heavy atom. The van der Waals surface area contributed by atoms with Crippen LogP contribution in [0.3, 0.4) is 0 Å². The zero-order chi connectivity index (χ0) is 5.11. The Morgan fingerprint density at radius 2 is 2.29 bits per heavy atom. The lowest BCUT2D eigenvalue weighted by molar-refractivity contribution is 0.753. The first-order valence-corrected chi connectivity index (χ1v) is 4.20. The average molecular weight is 117 g/mol. The largest absolute Gasteiger partial charge is 0.270 e. The third-order valence-corrected chi connectivity index (χ3v) is 2.52. The van der Waals surface area contributed by atoms with Crippen molar-refractivity contribution in [3.63, 3.8) is 0 Å². The molecule has 0 amide bonds. The predicted molar refractivity (Wildman–Crippen MR) is 36.8 cm³/mol. The van der Waals surface area contributed by atoms with Gasteiger partial charge in [-0.2, -0.15) is 0 Å². The van der Waals surface area contributed by atoms with Crippen LogP contribution < -0.4 is 4.72 Å². The molecule has 0 aromatic heterocycles. The fourth-order valence-electron chi connectivity index (χ4n) is 0.690. The SMILES string of the molecule is C=S1CCCCN1. The zero-order valence-electron chi connectivity index (χ0n) is 4.44. The molecular weight excluding hydrogens is 106 g/mol. The van der Waals surface area contributed by atoms with E-state index in [4.69, 9.17) is 0 Å². The summed E-state index contributed by atoms with van der Waals surface area (Å²) in [6.45, 7) is 1.19. The fourth-order valence-corrected chi connectivity index (χ4v) is 1.82. The summed E-state index contributed by atoms with van der Waals surface area (Å²) >= 11 is 0. The Morgan fingerprint density at radius 3 is 2.57 bits per heavy atom. The Labute approximate surface area is 47.2 Å². The van der Waals surface area contributed by atoms with Gasteiger partial charge in [0.05, 0.1) is 0 Å². The van der Waals surface area contributed by atoms with Gasteiger partial charge in [-0.05, 0) is 12.8 Å². The van der Waals surface area contributed by atoms with Crippen molar-refractivity contribution < 1.29 is 0 Å². The molecule has 0 aromatic carbocycles. The van der Waals surface area contributed by atoms with Crippen LogP contribution in [0.2, 0.25) is 0 Å². The van der Waals surface area contributed by atoms with E-state index in [0.717, 1.165) is 0 Å². The van der Waals surface area contributed by atoms with Crippen molar-refractivity contribution in [2.75, 3.05) is 12.3 Å². The normalized spacial score (nSPS) is 32.9. The number of nitrogens with one attached hydrogen (secondary N) is 1. The van der Waals surface area contributed by atoms with Crippen LogP contribution in [0, 0.1) is 0 Å². The summed E-state index contributed by atoms with van der Waals surface area (Å²) in [5, 5.41) is 0. The molecule has 0 saturated carbocycles. The Bertz CT molecular complexity index is 72.1. The molecule has 0 bridgehead atoms. The molecule has 1 N–H and O–H groups in total. The fraction of sp³-hybridized carbons (Fsp3) is 0.800. The molecule has 0 aliphatic carbocycles. The van der Waals surface area contributed by atoms with Gasteiger partial charge in [0.25, 0.3) is 0 Å². The van der Waals surface area contributed by atoms with Crippen LogP contribution >= 0.6 is 10.7 Å². The van der Waals surface area contributed by atoms with Gasteiger partial charge in [0.2, 0.25) is 0 Å². The summed E-state index contributed by atoms with van der Waals surface area (Å²) in [5.41, 5.74) is 0. The quantitative estimate of drug-likeness (QED) is 0.466. The van der Waals surface area contributed by atoms with Gasteiger partial charge in [0, 0.05) is 12.3 Å². The van der Waals surface area contributed by atoms with Crippen molar-refractivity contribution >= 4 is 16.5 Å². The lowest BCUT2D eigenvalue weighted by Gasteiger charge is -2.14. The van der Waals surface area contributed by atoms with E-state index in [9.17, 15) is 0 Å². The van der Waals surface area contributed by atoms with E-state index in [2.05, 4.69) is 10.6 Å². The topological polar surface area (TPSA) is 12.0 Å². The lowest BCUT2D eigenvalue weighted by atomic mass is 10.3. The summed E-state index contributed by atoms with van der Waals surface area (Å²) in [6, 6.07) is 0. The molecule has 0 spiro atoms. The third-order valence-electron chi connectivity index (χ3n) is 1.12. The third kappa shape index (κ3) is 1.61. The highest BCUT2D eigenvalue weighted by atomic mass is 32.2. The highest BCUT2D eigenvalue weighted by Crippen LogP contribution is 2.11. The number of hydrogen-bond donors (Lipinski definition) is 1. The maximum absolute atomic E-state index is 3.91. The molecule has 1 nitrogen and oxygen atoms in total. The van der Waals surface area contributed by atoms with Gasteiger partial charge in [0.1, 0.15) is 0 Å². The molecule has 2 heteroatoms. The van der Waals surface area contributed by atoms with Gasteiger partial charge in [-0.15, -0.1) is 10.7 Å². The molecule has 1 saturated heterocycles. The molecule has 1 fully saturated rings. The summed E-state index contributed by atoms with van der Waals surface area (Å²) in [6.07, 6.45) is 2.72. The molecule has 1 unspecified atom stereocenters. The van der Waals surface area contributed by atoms with Gasteiger partial charge < -0.3 is 0 Å². The minimum Gasteiger partial charge on any atom is -0.270 e. The van der Waals surface area contributed by atoms with Gasteiger partial charge in [-0.3, -0.25) is 4.72 Å². The number of rotatable bonds is 0. The Balaban J connectivity index is 2.25. The van der Waals surface area contributed by atoms with E-state index in [0.29, 0.717) is 10.7 Å². The van der Waals surface area contributed by atoms with Crippen LogP contribution in [0.5, 0.6) is 0 Å². The maximum Gasteiger partial charge on any atom is 0.00539 e. The summed E-state index contributed by atoms with van der Waals surface area (Å²) in [5.74, 6) is 5.21. The minimum atomic E-state index is 0.310. The van der Waals surface area contributed by atoms with Gasteiger partial charge in [-0.25, -0.2) is 0 Å². The average Bonchev–Trinajstić information content (AvgIpc) is 1.69.